The number of fused-ring (bicyclic) bond motifs is 1. The van der Waals surface area contributed by atoms with Gasteiger partial charge in [0.1, 0.15) is 5.75 Å². The smallest absolute Gasteiger partial charge is 0.244 e. The van der Waals surface area contributed by atoms with E-state index in [1.165, 1.54) is 10.4 Å². The predicted octanol–water partition coefficient (Wildman–Crippen LogP) is 2.98. The van der Waals surface area contributed by atoms with Crippen LogP contribution in [0, 0.1) is 0 Å². The van der Waals surface area contributed by atoms with Gasteiger partial charge in [-0.2, -0.15) is 0 Å². The van der Waals surface area contributed by atoms with Gasteiger partial charge in [0.25, 0.3) is 0 Å². The molecule has 0 saturated heterocycles. The number of nitrogens with one attached hydrogen (secondary N) is 1. The Hall–Kier alpha value is -2.32. The van der Waals surface area contributed by atoms with Crippen LogP contribution in [0.4, 0.5) is 5.69 Å². The Kier molecular flexibility index (Phi) is 6.41. The molecule has 1 aliphatic rings. The number of carbonyl (C=O) groups excluding carboxylic acids is 1. The summed E-state index contributed by atoms with van der Waals surface area (Å²) in [6, 6.07) is 13.0. The lowest BCUT2D eigenvalue weighted by Crippen LogP contribution is -2.36. The molecule has 1 aliphatic heterocycles. The number of amides is 1. The van der Waals surface area contributed by atoms with Crippen LogP contribution in [-0.2, 0) is 21.2 Å². The van der Waals surface area contributed by atoms with Gasteiger partial charge < -0.3 is 10.1 Å². The van der Waals surface area contributed by atoms with Gasteiger partial charge in [-0.3, -0.25) is 9.10 Å². The Balaban J connectivity index is 1.56. The molecule has 1 amide bonds. The van der Waals surface area contributed by atoms with E-state index < -0.39 is 10.0 Å². The summed E-state index contributed by atoms with van der Waals surface area (Å²) in [5, 5.41) is 2.62. The van der Waals surface area contributed by atoms with Gasteiger partial charge in [-0.05, 0) is 42.3 Å². The molecular formula is C20H21BrN2O4S. The van der Waals surface area contributed by atoms with Gasteiger partial charge in [0.05, 0.1) is 18.6 Å². The van der Waals surface area contributed by atoms with Crippen LogP contribution in [0.1, 0.15) is 11.1 Å². The zero-order valence-corrected chi connectivity index (χ0v) is 17.8. The van der Waals surface area contributed by atoms with Gasteiger partial charge in [0.2, 0.25) is 15.9 Å². The molecule has 0 atom stereocenters. The molecule has 8 heteroatoms. The summed E-state index contributed by atoms with van der Waals surface area (Å²) in [6.07, 6.45) is 3.70. The summed E-state index contributed by atoms with van der Waals surface area (Å²) < 4.78 is 32.8. The van der Waals surface area contributed by atoms with Crippen LogP contribution in [0.25, 0.3) is 6.08 Å². The topological polar surface area (TPSA) is 75.7 Å². The highest BCUT2D eigenvalue weighted by Crippen LogP contribution is 2.29. The van der Waals surface area contributed by atoms with Crippen molar-refractivity contribution in [3.63, 3.8) is 0 Å². The standard InChI is InChI=1S/C20H21BrN2O4S/c1-27-19-8-7-17(21)14-16(19)6-9-20(24)22-11-13-28(25,26)23-12-10-15-4-2-3-5-18(15)23/h2-9,14H,10-13H2,1H3,(H,22,24)/b9-6+. The third-order valence-electron chi connectivity index (χ3n) is 4.45. The summed E-state index contributed by atoms with van der Waals surface area (Å²) in [7, 11) is -1.93. The van der Waals surface area contributed by atoms with E-state index in [-0.39, 0.29) is 18.2 Å². The van der Waals surface area contributed by atoms with Crippen LogP contribution in [0.15, 0.2) is 53.0 Å². The van der Waals surface area contributed by atoms with Crippen molar-refractivity contribution in [2.45, 2.75) is 6.42 Å². The first-order valence-electron chi connectivity index (χ1n) is 8.78. The van der Waals surface area contributed by atoms with Crippen LogP contribution in [0.5, 0.6) is 5.75 Å². The number of methoxy groups -OCH3 is 1. The first-order chi connectivity index (χ1) is 13.4. The minimum absolute atomic E-state index is 0.0415. The maximum Gasteiger partial charge on any atom is 0.244 e. The highest BCUT2D eigenvalue weighted by molar-refractivity contribution is 9.10. The normalized spacial score (nSPS) is 13.6. The molecule has 0 aliphatic carbocycles. The molecule has 0 aromatic heterocycles. The minimum atomic E-state index is -3.48. The zero-order valence-electron chi connectivity index (χ0n) is 15.4. The molecule has 2 aromatic rings. The first kappa shape index (κ1) is 20.4. The van der Waals surface area contributed by atoms with E-state index in [9.17, 15) is 13.2 Å². The van der Waals surface area contributed by atoms with Crippen molar-refractivity contribution < 1.29 is 17.9 Å². The van der Waals surface area contributed by atoms with E-state index in [1.807, 2.05) is 36.4 Å². The second kappa shape index (κ2) is 8.79. The second-order valence-electron chi connectivity index (χ2n) is 6.28. The average molecular weight is 465 g/mol. The number of sulfonamides is 1. The molecule has 28 heavy (non-hydrogen) atoms. The number of benzene rings is 2. The van der Waals surface area contributed by atoms with Crippen molar-refractivity contribution in [2.75, 3.05) is 30.3 Å². The fourth-order valence-corrected chi connectivity index (χ4v) is 4.88. The number of hydrogen-bond donors (Lipinski definition) is 1. The van der Waals surface area contributed by atoms with E-state index in [0.717, 1.165) is 21.3 Å². The van der Waals surface area contributed by atoms with Crippen LogP contribution in [-0.4, -0.2) is 40.3 Å². The SMILES string of the molecule is COc1ccc(Br)cc1/C=C/C(=O)NCCS(=O)(=O)N1CCc2ccccc21. The third-order valence-corrected chi connectivity index (χ3v) is 6.71. The summed E-state index contributed by atoms with van der Waals surface area (Å²) in [5.41, 5.74) is 2.50. The highest BCUT2D eigenvalue weighted by atomic mass is 79.9. The molecule has 0 unspecified atom stereocenters. The van der Waals surface area contributed by atoms with Crippen molar-refractivity contribution in [3.05, 3.63) is 64.1 Å². The Morgan fingerprint density at radius 1 is 1.29 bits per heavy atom. The molecule has 6 nitrogen and oxygen atoms in total. The number of ether oxygens (including phenoxy) is 1. The van der Waals surface area contributed by atoms with E-state index in [1.54, 1.807) is 19.3 Å². The Labute approximate surface area is 173 Å². The van der Waals surface area contributed by atoms with Gasteiger partial charge >= 0.3 is 0 Å². The quantitative estimate of drug-likeness (QED) is 0.639. The second-order valence-corrected chi connectivity index (χ2v) is 9.21. The number of nitrogens with zero attached hydrogens (tertiary/aromatic N) is 1. The lowest BCUT2D eigenvalue weighted by molar-refractivity contribution is -0.116. The molecular weight excluding hydrogens is 444 g/mol. The molecule has 2 aromatic carbocycles. The lowest BCUT2D eigenvalue weighted by atomic mass is 10.2. The molecule has 0 saturated carbocycles. The average Bonchev–Trinajstić information content (AvgIpc) is 3.11. The van der Waals surface area contributed by atoms with Gasteiger partial charge in [-0.15, -0.1) is 0 Å². The molecule has 0 fully saturated rings. The summed E-state index contributed by atoms with van der Waals surface area (Å²) in [6.45, 7) is 0.484. The Morgan fingerprint density at radius 3 is 2.86 bits per heavy atom. The zero-order chi connectivity index (χ0) is 20.1. The van der Waals surface area contributed by atoms with E-state index >= 15 is 0 Å². The van der Waals surface area contributed by atoms with Crippen LogP contribution >= 0.6 is 15.9 Å². The number of carbonyl (C=O) groups is 1. The maximum atomic E-state index is 12.6. The molecule has 148 valence electrons. The fourth-order valence-electron chi connectivity index (χ4n) is 3.07. The predicted molar refractivity (Wildman–Crippen MR) is 114 cm³/mol. The monoisotopic (exact) mass is 464 g/mol. The summed E-state index contributed by atoms with van der Waals surface area (Å²) in [5.74, 6) is 0.128. The minimum Gasteiger partial charge on any atom is -0.496 e. The number of halogens is 1. The van der Waals surface area contributed by atoms with Gasteiger partial charge in [-0.25, -0.2) is 8.42 Å². The van der Waals surface area contributed by atoms with E-state index in [2.05, 4.69) is 21.2 Å². The summed E-state index contributed by atoms with van der Waals surface area (Å²) in [4.78, 5) is 12.0. The van der Waals surface area contributed by atoms with Gasteiger partial charge in [-0.1, -0.05) is 34.1 Å². The molecule has 3 rings (SSSR count). The Bertz CT molecular complexity index is 1010. The highest BCUT2D eigenvalue weighted by Gasteiger charge is 2.28. The van der Waals surface area contributed by atoms with Crippen molar-refractivity contribution in [2.24, 2.45) is 0 Å². The van der Waals surface area contributed by atoms with Crippen molar-refractivity contribution in [3.8, 4) is 5.75 Å². The molecule has 0 radical (unpaired) electrons. The van der Waals surface area contributed by atoms with Gasteiger partial charge in [0, 0.05) is 29.2 Å². The fraction of sp³-hybridized carbons (Fsp3) is 0.250. The molecule has 1 heterocycles. The van der Waals surface area contributed by atoms with E-state index in [0.29, 0.717) is 18.7 Å². The van der Waals surface area contributed by atoms with Crippen molar-refractivity contribution >= 4 is 43.6 Å². The number of rotatable bonds is 7. The Morgan fingerprint density at radius 2 is 2.07 bits per heavy atom. The molecule has 0 spiro atoms. The number of para-hydroxylation sites is 1. The van der Waals surface area contributed by atoms with Crippen molar-refractivity contribution in [1.82, 2.24) is 5.32 Å². The first-order valence-corrected chi connectivity index (χ1v) is 11.2. The molecule has 0 bridgehead atoms. The number of hydrogen-bond acceptors (Lipinski definition) is 4. The van der Waals surface area contributed by atoms with Crippen LogP contribution < -0.4 is 14.4 Å². The van der Waals surface area contributed by atoms with Crippen molar-refractivity contribution in [1.29, 1.82) is 0 Å². The van der Waals surface area contributed by atoms with Gasteiger partial charge in [0.15, 0.2) is 0 Å². The molecule has 1 N–H and O–H groups in total. The number of anilines is 1. The lowest BCUT2D eigenvalue weighted by Gasteiger charge is -2.19. The van der Waals surface area contributed by atoms with E-state index in [4.69, 9.17) is 4.74 Å². The summed E-state index contributed by atoms with van der Waals surface area (Å²) >= 11 is 3.38. The largest absolute Gasteiger partial charge is 0.496 e. The van der Waals surface area contributed by atoms with Crippen LogP contribution in [0.2, 0.25) is 0 Å². The maximum absolute atomic E-state index is 12.6. The third kappa shape index (κ3) is 4.74. The van der Waals surface area contributed by atoms with Crippen LogP contribution in [0.3, 0.4) is 0 Å².